The average Bonchev–Trinajstić information content (AvgIpc) is 3.22. The van der Waals surface area contributed by atoms with E-state index in [1.807, 2.05) is 35.8 Å². The fourth-order valence-electron chi connectivity index (χ4n) is 3.61. The zero-order valence-corrected chi connectivity index (χ0v) is 18.7. The van der Waals surface area contributed by atoms with Gasteiger partial charge in [-0.2, -0.15) is 5.10 Å². The number of anilines is 1. The molecule has 0 saturated heterocycles. The van der Waals surface area contributed by atoms with E-state index in [4.69, 9.17) is 16.7 Å². The molecule has 0 amide bonds. The number of hydrazone groups is 1. The van der Waals surface area contributed by atoms with Gasteiger partial charge in [-0.3, -0.25) is 9.55 Å². The van der Waals surface area contributed by atoms with Gasteiger partial charge in [-0.1, -0.05) is 23.7 Å². The fourth-order valence-corrected chi connectivity index (χ4v) is 4.94. The summed E-state index contributed by atoms with van der Waals surface area (Å²) < 4.78 is 16.4. The molecule has 0 saturated carbocycles. The van der Waals surface area contributed by atoms with Crippen LogP contribution in [0.25, 0.3) is 5.00 Å². The Morgan fingerprint density at radius 2 is 1.84 bits per heavy atom. The molecule has 0 aliphatic carbocycles. The topological polar surface area (TPSA) is 59.2 Å². The van der Waals surface area contributed by atoms with E-state index < -0.39 is 0 Å². The van der Waals surface area contributed by atoms with Crippen LogP contribution in [0.1, 0.15) is 33.1 Å². The first-order valence-electron chi connectivity index (χ1n) is 9.68. The van der Waals surface area contributed by atoms with E-state index in [-0.39, 0.29) is 18.1 Å². The van der Waals surface area contributed by atoms with E-state index in [1.54, 1.807) is 28.6 Å². The average molecular weight is 453 g/mol. The van der Waals surface area contributed by atoms with Gasteiger partial charge in [-0.05, 0) is 50.6 Å². The normalized spacial score (nSPS) is 12.9. The largest absolute Gasteiger partial charge is 0.256 e. The first kappa shape index (κ1) is 19.8. The number of aromatic nitrogens is 4. The van der Waals surface area contributed by atoms with Crippen LogP contribution in [-0.2, 0) is 6.54 Å². The number of fused-ring (bicyclic) bond motifs is 3. The minimum atomic E-state index is -0.389. The molecule has 0 unspecified atom stereocenters. The minimum Gasteiger partial charge on any atom is -0.256 e. The van der Waals surface area contributed by atoms with E-state index in [9.17, 15) is 4.39 Å². The molecule has 1 aliphatic heterocycles. The van der Waals surface area contributed by atoms with Crippen molar-refractivity contribution < 1.29 is 4.39 Å². The van der Waals surface area contributed by atoms with E-state index >= 15 is 0 Å². The molecule has 0 spiro atoms. The van der Waals surface area contributed by atoms with Crippen LogP contribution in [0.3, 0.4) is 0 Å². The summed E-state index contributed by atoms with van der Waals surface area (Å²) in [5.74, 6) is 0.866. The van der Waals surface area contributed by atoms with Crippen LogP contribution < -0.4 is 5.01 Å². The second-order valence-corrected chi connectivity index (χ2v) is 8.93. The molecule has 0 radical (unpaired) electrons. The quantitative estimate of drug-likeness (QED) is 0.428. The Hall–Kier alpha value is -3.10. The predicted molar refractivity (Wildman–Crippen MR) is 121 cm³/mol. The molecule has 9 heteroatoms. The van der Waals surface area contributed by atoms with E-state index in [0.29, 0.717) is 11.0 Å². The molecule has 1 aromatic carbocycles. The highest BCUT2D eigenvalue weighted by Crippen LogP contribution is 2.38. The van der Waals surface area contributed by atoms with Gasteiger partial charge in [0, 0.05) is 27.2 Å². The van der Waals surface area contributed by atoms with Gasteiger partial charge >= 0.3 is 0 Å². The summed E-state index contributed by atoms with van der Waals surface area (Å²) in [6.07, 6.45) is 1.57. The van der Waals surface area contributed by atoms with Crippen molar-refractivity contribution in [2.24, 2.45) is 5.10 Å². The Labute approximate surface area is 187 Å². The first-order valence-corrected chi connectivity index (χ1v) is 10.9. The Bertz CT molecular complexity index is 1320. The van der Waals surface area contributed by atoms with Crippen molar-refractivity contribution in [1.82, 2.24) is 19.7 Å². The molecule has 0 atom stereocenters. The molecule has 31 heavy (non-hydrogen) atoms. The summed E-state index contributed by atoms with van der Waals surface area (Å²) in [6.45, 7) is 6.20. The van der Waals surface area contributed by atoms with Crippen molar-refractivity contribution in [2.75, 3.05) is 5.01 Å². The van der Waals surface area contributed by atoms with Crippen LogP contribution in [-0.4, -0.2) is 25.5 Å². The number of hydrogen-bond donors (Lipinski definition) is 0. The Morgan fingerprint density at radius 1 is 1.06 bits per heavy atom. The van der Waals surface area contributed by atoms with Gasteiger partial charge in [0.25, 0.3) is 5.95 Å². The van der Waals surface area contributed by atoms with Crippen molar-refractivity contribution in [3.63, 3.8) is 0 Å². The van der Waals surface area contributed by atoms with Crippen molar-refractivity contribution in [3.8, 4) is 5.00 Å². The molecular formula is C22H18ClFN6S. The fraction of sp³-hybridized carbons (Fsp3) is 0.182. The van der Waals surface area contributed by atoms with Gasteiger partial charge in [0.2, 0.25) is 0 Å². The Balaban J connectivity index is 1.77. The third-order valence-corrected chi connectivity index (χ3v) is 6.76. The highest BCUT2D eigenvalue weighted by atomic mass is 35.5. The number of aryl methyl sites for hydroxylation is 2. The number of thiophene rings is 1. The van der Waals surface area contributed by atoms with Crippen molar-refractivity contribution in [3.05, 3.63) is 86.5 Å². The maximum atomic E-state index is 14.4. The summed E-state index contributed by atoms with van der Waals surface area (Å²) >= 11 is 7.79. The monoisotopic (exact) mass is 452 g/mol. The summed E-state index contributed by atoms with van der Waals surface area (Å²) in [6, 6.07) is 10.5. The van der Waals surface area contributed by atoms with Gasteiger partial charge in [0.15, 0.2) is 0 Å². The lowest BCUT2D eigenvalue weighted by Crippen LogP contribution is -2.22. The van der Waals surface area contributed by atoms with Gasteiger partial charge in [0.05, 0.1) is 12.2 Å². The molecule has 5 rings (SSSR count). The van der Waals surface area contributed by atoms with Gasteiger partial charge in [-0.15, -0.1) is 21.5 Å². The number of hydrogen-bond acceptors (Lipinski definition) is 6. The molecular weight excluding hydrogens is 435 g/mol. The van der Waals surface area contributed by atoms with Crippen LogP contribution in [0.4, 0.5) is 10.3 Å². The lowest BCUT2D eigenvalue weighted by molar-refractivity contribution is 0.592. The number of halogens is 2. The minimum absolute atomic E-state index is 0.120. The molecule has 0 N–H and O–H groups in total. The molecule has 1 aliphatic rings. The first-order chi connectivity index (χ1) is 14.9. The van der Waals surface area contributed by atoms with E-state index in [1.165, 1.54) is 10.9 Å². The van der Waals surface area contributed by atoms with E-state index in [0.717, 1.165) is 33.2 Å². The van der Waals surface area contributed by atoms with E-state index in [2.05, 4.69) is 29.0 Å². The lowest BCUT2D eigenvalue weighted by atomic mass is 10.00. The molecule has 0 fully saturated rings. The van der Waals surface area contributed by atoms with Gasteiger partial charge in [-0.25, -0.2) is 9.40 Å². The second kappa shape index (κ2) is 7.55. The predicted octanol–water partition coefficient (Wildman–Crippen LogP) is 5.21. The third-order valence-electron chi connectivity index (χ3n) is 5.32. The molecule has 4 heterocycles. The standard InChI is InChI=1S/C22H18ClFN6S/c1-12-13(2)31-21-19(12)20(15-6-8-16(23)9-7-15)28-29(22-27-26-14(3)30(21)22)11-18-17(24)5-4-10-25-18/h4-10H,11H2,1-3H3. The highest BCUT2D eigenvalue weighted by Gasteiger charge is 2.30. The van der Waals surface area contributed by atoms with Crippen molar-refractivity contribution in [2.45, 2.75) is 27.3 Å². The Kier molecular flexibility index (Phi) is 4.83. The maximum absolute atomic E-state index is 14.4. The number of benzene rings is 1. The number of pyridine rings is 1. The van der Waals surface area contributed by atoms with Crippen molar-refractivity contribution >= 4 is 34.6 Å². The smallest absolute Gasteiger partial charge is 0.253 e. The Morgan fingerprint density at radius 3 is 2.58 bits per heavy atom. The zero-order valence-electron chi connectivity index (χ0n) is 17.1. The van der Waals surface area contributed by atoms with Crippen LogP contribution in [0.2, 0.25) is 5.02 Å². The summed E-state index contributed by atoms with van der Waals surface area (Å²) in [5.41, 5.74) is 4.12. The summed E-state index contributed by atoms with van der Waals surface area (Å²) in [5, 5.41) is 16.9. The lowest BCUT2D eigenvalue weighted by Gasteiger charge is -2.17. The highest BCUT2D eigenvalue weighted by molar-refractivity contribution is 7.15. The van der Waals surface area contributed by atoms with Crippen LogP contribution in [0, 0.1) is 26.6 Å². The second-order valence-electron chi connectivity index (χ2n) is 7.29. The molecule has 0 bridgehead atoms. The summed E-state index contributed by atoms with van der Waals surface area (Å²) in [7, 11) is 0. The van der Waals surface area contributed by atoms with Gasteiger partial charge in [0.1, 0.15) is 22.4 Å². The van der Waals surface area contributed by atoms with Crippen LogP contribution in [0.5, 0.6) is 0 Å². The van der Waals surface area contributed by atoms with Crippen LogP contribution in [0.15, 0.2) is 47.7 Å². The van der Waals surface area contributed by atoms with Gasteiger partial charge < -0.3 is 0 Å². The summed E-state index contributed by atoms with van der Waals surface area (Å²) in [4.78, 5) is 5.39. The molecule has 4 aromatic rings. The third kappa shape index (κ3) is 3.32. The molecule has 156 valence electrons. The SMILES string of the molecule is Cc1sc2c(c1C)C(c1ccc(Cl)cc1)=NN(Cc1ncccc1F)c1nnc(C)n1-2. The zero-order chi connectivity index (χ0) is 21.7. The molecule has 6 nitrogen and oxygen atoms in total. The number of nitrogens with zero attached hydrogens (tertiary/aromatic N) is 6. The molecule has 3 aromatic heterocycles. The maximum Gasteiger partial charge on any atom is 0.253 e. The number of rotatable bonds is 3. The van der Waals surface area contributed by atoms with Crippen molar-refractivity contribution in [1.29, 1.82) is 0 Å². The van der Waals surface area contributed by atoms with Crippen LogP contribution >= 0.6 is 22.9 Å².